The van der Waals surface area contributed by atoms with E-state index in [1.807, 2.05) is 25.2 Å². The van der Waals surface area contributed by atoms with E-state index >= 15 is 0 Å². The molecule has 1 aromatic carbocycles. The molecule has 1 saturated heterocycles. The van der Waals surface area contributed by atoms with Crippen LogP contribution in [-0.4, -0.2) is 47.4 Å². The van der Waals surface area contributed by atoms with Crippen molar-refractivity contribution in [2.75, 3.05) is 20.8 Å². The van der Waals surface area contributed by atoms with Gasteiger partial charge in [-0.15, -0.1) is 0 Å². The quantitative estimate of drug-likeness (QED) is 0.803. The molecule has 2 aromatic rings. The largest absolute Gasteiger partial charge is 0.493 e. The molecule has 6 nitrogen and oxygen atoms in total. The van der Waals surface area contributed by atoms with Crippen LogP contribution in [0.15, 0.2) is 24.4 Å². The number of carbonyl (C=O) groups excluding carboxylic acids is 1. The number of likely N-dealkylation sites (tertiary alicyclic amines) is 1. The third-order valence-electron chi connectivity index (χ3n) is 6.33. The second-order valence-electron chi connectivity index (χ2n) is 7.85. The third-order valence-corrected chi connectivity index (χ3v) is 6.33. The molecule has 2 atom stereocenters. The lowest BCUT2D eigenvalue weighted by atomic mass is 9.78. The molecule has 1 aromatic heterocycles. The number of methoxy groups -OCH3 is 2. The summed E-state index contributed by atoms with van der Waals surface area (Å²) in [6.07, 6.45) is 8.96. The van der Waals surface area contributed by atoms with E-state index in [0.29, 0.717) is 29.0 Å². The van der Waals surface area contributed by atoms with Crippen molar-refractivity contribution in [1.82, 2.24) is 14.7 Å². The topological polar surface area (TPSA) is 56.6 Å². The maximum absolute atomic E-state index is 13.6. The molecule has 0 spiro atoms. The van der Waals surface area contributed by atoms with Gasteiger partial charge in [-0.05, 0) is 49.8 Å². The van der Waals surface area contributed by atoms with Crippen molar-refractivity contribution < 1.29 is 14.3 Å². The number of hydrogen-bond acceptors (Lipinski definition) is 4. The van der Waals surface area contributed by atoms with Gasteiger partial charge in [0.05, 0.1) is 31.7 Å². The molecule has 0 radical (unpaired) electrons. The molecule has 1 amide bonds. The molecule has 4 rings (SSSR count). The minimum absolute atomic E-state index is 0.106. The molecule has 1 saturated carbocycles. The monoisotopic (exact) mass is 383 g/mol. The normalized spacial score (nSPS) is 21.9. The number of nitrogens with zero attached hydrogens (tertiary/aromatic N) is 3. The van der Waals surface area contributed by atoms with Gasteiger partial charge in [0.1, 0.15) is 0 Å². The summed E-state index contributed by atoms with van der Waals surface area (Å²) in [5.41, 5.74) is 2.39. The summed E-state index contributed by atoms with van der Waals surface area (Å²) in [6, 6.07) is 6.11. The molecule has 1 aliphatic carbocycles. The van der Waals surface area contributed by atoms with E-state index in [1.54, 1.807) is 25.1 Å². The van der Waals surface area contributed by atoms with Crippen molar-refractivity contribution in [1.29, 1.82) is 0 Å². The van der Waals surface area contributed by atoms with Gasteiger partial charge in [0.2, 0.25) is 0 Å². The van der Waals surface area contributed by atoms with E-state index in [-0.39, 0.29) is 5.91 Å². The molecule has 2 aliphatic rings. The third kappa shape index (κ3) is 3.25. The Balaban J connectivity index is 1.69. The van der Waals surface area contributed by atoms with E-state index in [9.17, 15) is 4.79 Å². The second kappa shape index (κ2) is 7.86. The zero-order valence-corrected chi connectivity index (χ0v) is 17.0. The number of aromatic nitrogens is 2. The summed E-state index contributed by atoms with van der Waals surface area (Å²) in [5, 5.41) is 4.41. The number of carbonyl (C=O) groups is 1. The average Bonchev–Trinajstić information content (AvgIpc) is 3.13. The van der Waals surface area contributed by atoms with E-state index in [1.165, 1.54) is 25.7 Å². The highest BCUT2D eigenvalue weighted by molar-refractivity contribution is 6.00. The van der Waals surface area contributed by atoms with Gasteiger partial charge in [-0.3, -0.25) is 9.48 Å². The van der Waals surface area contributed by atoms with Crippen LogP contribution in [0.5, 0.6) is 11.5 Å². The Morgan fingerprint density at radius 3 is 2.61 bits per heavy atom. The Kier molecular flexibility index (Phi) is 5.29. The van der Waals surface area contributed by atoms with Crippen LogP contribution in [-0.2, 0) is 7.05 Å². The van der Waals surface area contributed by atoms with Crippen molar-refractivity contribution in [3.8, 4) is 22.8 Å². The zero-order chi connectivity index (χ0) is 19.7. The van der Waals surface area contributed by atoms with E-state index in [2.05, 4.69) is 10.00 Å². The highest BCUT2D eigenvalue weighted by atomic mass is 16.5. The number of hydrogen-bond donors (Lipinski definition) is 0. The van der Waals surface area contributed by atoms with Gasteiger partial charge < -0.3 is 14.4 Å². The molecule has 0 bridgehead atoms. The summed E-state index contributed by atoms with van der Waals surface area (Å²) >= 11 is 0. The first-order valence-corrected chi connectivity index (χ1v) is 10.2. The van der Waals surface area contributed by atoms with Crippen LogP contribution >= 0.6 is 0 Å². The highest BCUT2D eigenvalue weighted by Gasteiger charge is 2.37. The van der Waals surface area contributed by atoms with Gasteiger partial charge in [-0.25, -0.2) is 0 Å². The molecular formula is C22H29N3O3. The van der Waals surface area contributed by atoms with Crippen LogP contribution in [0.4, 0.5) is 0 Å². The van der Waals surface area contributed by atoms with E-state index in [0.717, 1.165) is 30.6 Å². The van der Waals surface area contributed by atoms with Crippen LogP contribution in [0, 0.1) is 5.92 Å². The number of amides is 1. The van der Waals surface area contributed by atoms with Gasteiger partial charge in [-0.2, -0.15) is 5.10 Å². The average molecular weight is 383 g/mol. The fourth-order valence-corrected chi connectivity index (χ4v) is 4.95. The molecule has 6 heteroatoms. The molecule has 1 aliphatic heterocycles. The number of fused-ring (bicyclic) bond motifs is 1. The minimum atomic E-state index is 0.106. The van der Waals surface area contributed by atoms with Crippen LogP contribution < -0.4 is 9.47 Å². The number of piperidine rings is 1. The summed E-state index contributed by atoms with van der Waals surface area (Å²) in [7, 11) is 5.11. The van der Waals surface area contributed by atoms with Gasteiger partial charge in [0.15, 0.2) is 11.5 Å². The number of rotatable bonds is 4. The van der Waals surface area contributed by atoms with E-state index < -0.39 is 0 Å². The molecule has 150 valence electrons. The highest BCUT2D eigenvalue weighted by Crippen LogP contribution is 2.38. The zero-order valence-electron chi connectivity index (χ0n) is 17.0. The Hall–Kier alpha value is -2.50. The summed E-state index contributed by atoms with van der Waals surface area (Å²) in [6.45, 7) is 0.847. The maximum atomic E-state index is 13.6. The summed E-state index contributed by atoms with van der Waals surface area (Å²) in [5.74, 6) is 2.08. The van der Waals surface area contributed by atoms with Gasteiger partial charge in [0.25, 0.3) is 5.91 Å². The maximum Gasteiger partial charge on any atom is 0.257 e. The SMILES string of the molecule is COc1ccc(-c2c(C(=O)N3CCCC4CCCCC43)cnn2C)cc1OC. The lowest BCUT2D eigenvalue weighted by molar-refractivity contribution is 0.0391. The van der Waals surface area contributed by atoms with Crippen LogP contribution in [0.3, 0.4) is 0 Å². The smallest absolute Gasteiger partial charge is 0.257 e. The minimum Gasteiger partial charge on any atom is -0.493 e. The molecule has 28 heavy (non-hydrogen) atoms. The fraction of sp³-hybridized carbons (Fsp3) is 0.545. The molecule has 2 heterocycles. The number of aryl methyl sites for hydroxylation is 1. The first-order valence-electron chi connectivity index (χ1n) is 10.2. The van der Waals surface area contributed by atoms with Gasteiger partial charge >= 0.3 is 0 Å². The van der Waals surface area contributed by atoms with Crippen molar-refractivity contribution >= 4 is 5.91 Å². The Morgan fingerprint density at radius 2 is 1.82 bits per heavy atom. The molecular weight excluding hydrogens is 354 g/mol. The van der Waals surface area contributed by atoms with Crippen LogP contribution in [0.2, 0.25) is 0 Å². The lowest BCUT2D eigenvalue weighted by Crippen LogP contribution is -2.49. The van der Waals surface area contributed by atoms with Crippen molar-refractivity contribution in [2.45, 2.75) is 44.6 Å². The Labute approximate surface area is 166 Å². The van der Waals surface area contributed by atoms with Gasteiger partial charge in [-0.1, -0.05) is 12.8 Å². The standard InChI is InChI=1S/C22H29N3O3/c1-24-21(16-10-11-19(27-2)20(13-16)28-3)17(14-23-24)22(26)25-12-6-8-15-7-4-5-9-18(15)25/h10-11,13-15,18H,4-9,12H2,1-3H3. The van der Waals surface area contributed by atoms with E-state index in [4.69, 9.17) is 9.47 Å². The van der Waals surface area contributed by atoms with Crippen molar-refractivity contribution in [3.05, 3.63) is 30.0 Å². The number of ether oxygens (including phenoxy) is 2. The summed E-state index contributed by atoms with van der Waals surface area (Å²) in [4.78, 5) is 15.7. The molecule has 0 N–H and O–H groups in total. The first kappa shape index (κ1) is 18.8. The second-order valence-corrected chi connectivity index (χ2v) is 7.85. The Morgan fingerprint density at radius 1 is 1.07 bits per heavy atom. The fourth-order valence-electron chi connectivity index (χ4n) is 4.95. The Bertz CT molecular complexity index is 859. The number of benzene rings is 1. The van der Waals surface area contributed by atoms with Crippen LogP contribution in [0.25, 0.3) is 11.3 Å². The van der Waals surface area contributed by atoms with Crippen LogP contribution in [0.1, 0.15) is 48.9 Å². The predicted molar refractivity (Wildman–Crippen MR) is 108 cm³/mol. The van der Waals surface area contributed by atoms with Crippen molar-refractivity contribution in [2.24, 2.45) is 13.0 Å². The lowest BCUT2D eigenvalue weighted by Gasteiger charge is -2.44. The predicted octanol–water partition coefficient (Wildman–Crippen LogP) is 3.90. The van der Waals surface area contributed by atoms with Crippen molar-refractivity contribution in [3.63, 3.8) is 0 Å². The molecule has 2 fully saturated rings. The first-order chi connectivity index (χ1) is 13.6. The van der Waals surface area contributed by atoms with Gasteiger partial charge in [0, 0.05) is 25.2 Å². The summed E-state index contributed by atoms with van der Waals surface area (Å²) < 4.78 is 12.6. The molecule has 2 unspecified atom stereocenters.